The first kappa shape index (κ1) is 18.8. The molecule has 1 rings (SSSR count). The molecule has 1 amide bonds. The second-order valence-corrected chi connectivity index (χ2v) is 6.86. The van der Waals surface area contributed by atoms with Crippen LogP contribution in [0.2, 0.25) is 0 Å². The van der Waals surface area contributed by atoms with Crippen molar-refractivity contribution in [3.8, 4) is 0 Å². The molecule has 0 saturated heterocycles. The average Bonchev–Trinajstić information content (AvgIpc) is 2.49. The standard InChI is InChI=1S/C15H18FNO5S/c1-4-14(19)17-13(9-16)15(22-10(2)18)11-5-7-12(8-6-11)23(3,20)21/h4-8,13,15H,1,9H2,2-3H3,(H,17,19)/t13-,15-/m1/s1. The highest BCUT2D eigenvalue weighted by molar-refractivity contribution is 7.90. The molecular weight excluding hydrogens is 325 g/mol. The minimum Gasteiger partial charge on any atom is -0.455 e. The van der Waals surface area contributed by atoms with E-state index in [4.69, 9.17) is 4.74 Å². The van der Waals surface area contributed by atoms with Gasteiger partial charge in [0.1, 0.15) is 12.8 Å². The normalized spacial score (nSPS) is 13.7. The van der Waals surface area contributed by atoms with E-state index in [1.54, 1.807) is 0 Å². The van der Waals surface area contributed by atoms with Gasteiger partial charge in [-0.15, -0.1) is 0 Å². The Morgan fingerprint density at radius 3 is 2.30 bits per heavy atom. The fourth-order valence-electron chi connectivity index (χ4n) is 1.90. The summed E-state index contributed by atoms with van der Waals surface area (Å²) in [5.41, 5.74) is 0.361. The summed E-state index contributed by atoms with van der Waals surface area (Å²) in [6.07, 6.45) is 0.940. The van der Waals surface area contributed by atoms with E-state index >= 15 is 0 Å². The zero-order valence-corrected chi connectivity index (χ0v) is 13.6. The number of carbonyl (C=O) groups is 2. The van der Waals surface area contributed by atoms with Crippen LogP contribution in [0.1, 0.15) is 18.6 Å². The highest BCUT2D eigenvalue weighted by atomic mass is 32.2. The monoisotopic (exact) mass is 343 g/mol. The number of rotatable bonds is 7. The predicted molar refractivity (Wildman–Crippen MR) is 82.2 cm³/mol. The van der Waals surface area contributed by atoms with E-state index < -0.39 is 40.5 Å². The van der Waals surface area contributed by atoms with Crippen LogP contribution in [0.3, 0.4) is 0 Å². The van der Waals surface area contributed by atoms with Crippen molar-refractivity contribution < 1.29 is 27.1 Å². The lowest BCUT2D eigenvalue weighted by atomic mass is 10.0. The number of ether oxygens (including phenoxy) is 1. The summed E-state index contributed by atoms with van der Waals surface area (Å²) in [7, 11) is -3.38. The molecule has 1 aromatic rings. The summed E-state index contributed by atoms with van der Waals surface area (Å²) in [6.45, 7) is 3.45. The van der Waals surface area contributed by atoms with E-state index in [0.29, 0.717) is 5.56 Å². The lowest BCUT2D eigenvalue weighted by Gasteiger charge is -2.25. The van der Waals surface area contributed by atoms with E-state index in [9.17, 15) is 22.4 Å². The number of alkyl halides is 1. The molecule has 0 heterocycles. The van der Waals surface area contributed by atoms with Gasteiger partial charge in [0.05, 0.1) is 10.9 Å². The van der Waals surface area contributed by atoms with Crippen molar-refractivity contribution in [3.63, 3.8) is 0 Å². The molecule has 126 valence electrons. The molecule has 1 aromatic carbocycles. The fourth-order valence-corrected chi connectivity index (χ4v) is 2.53. The van der Waals surface area contributed by atoms with Crippen LogP contribution in [0.4, 0.5) is 4.39 Å². The molecular formula is C15H18FNO5S. The first-order valence-corrected chi connectivity index (χ1v) is 8.54. The van der Waals surface area contributed by atoms with Crippen LogP contribution in [0, 0.1) is 0 Å². The molecule has 0 aromatic heterocycles. The molecule has 0 aliphatic carbocycles. The number of carbonyl (C=O) groups excluding carboxylic acids is 2. The number of hydrogen-bond donors (Lipinski definition) is 1. The van der Waals surface area contributed by atoms with Crippen molar-refractivity contribution in [2.24, 2.45) is 0 Å². The summed E-state index contributed by atoms with van der Waals surface area (Å²) >= 11 is 0. The van der Waals surface area contributed by atoms with Gasteiger partial charge in [-0.25, -0.2) is 12.8 Å². The first-order valence-electron chi connectivity index (χ1n) is 6.65. The second kappa shape index (κ2) is 7.87. The van der Waals surface area contributed by atoms with Crippen molar-refractivity contribution in [2.75, 3.05) is 12.9 Å². The van der Waals surface area contributed by atoms with Crippen molar-refractivity contribution in [1.82, 2.24) is 5.32 Å². The number of hydrogen-bond acceptors (Lipinski definition) is 5. The van der Waals surface area contributed by atoms with Crippen LogP contribution in [-0.4, -0.2) is 39.3 Å². The summed E-state index contributed by atoms with van der Waals surface area (Å²) in [5.74, 6) is -1.27. The Morgan fingerprint density at radius 2 is 1.91 bits per heavy atom. The molecule has 1 N–H and O–H groups in total. The number of benzene rings is 1. The maximum Gasteiger partial charge on any atom is 0.303 e. The molecule has 23 heavy (non-hydrogen) atoms. The molecule has 0 fully saturated rings. The third-order valence-corrected chi connectivity index (χ3v) is 4.10. The van der Waals surface area contributed by atoms with Crippen LogP contribution in [0.5, 0.6) is 0 Å². The Balaban J connectivity index is 3.16. The molecule has 0 radical (unpaired) electrons. The topological polar surface area (TPSA) is 89.5 Å². The fraction of sp³-hybridized carbons (Fsp3) is 0.333. The lowest BCUT2D eigenvalue weighted by Crippen LogP contribution is -2.41. The zero-order chi connectivity index (χ0) is 17.6. The third kappa shape index (κ3) is 5.48. The van der Waals surface area contributed by atoms with Crippen LogP contribution in [-0.2, 0) is 24.2 Å². The van der Waals surface area contributed by atoms with Crippen LogP contribution < -0.4 is 5.32 Å². The van der Waals surface area contributed by atoms with Crippen molar-refractivity contribution in [1.29, 1.82) is 0 Å². The van der Waals surface area contributed by atoms with E-state index in [2.05, 4.69) is 11.9 Å². The number of esters is 1. The summed E-state index contributed by atoms with van der Waals surface area (Å²) < 4.78 is 41.3. The van der Waals surface area contributed by atoms with E-state index in [-0.39, 0.29) is 4.90 Å². The Kier molecular flexibility index (Phi) is 6.44. The second-order valence-electron chi connectivity index (χ2n) is 4.84. The molecule has 6 nitrogen and oxygen atoms in total. The number of nitrogens with one attached hydrogen (secondary N) is 1. The highest BCUT2D eigenvalue weighted by Crippen LogP contribution is 2.24. The molecule has 8 heteroatoms. The maximum absolute atomic E-state index is 13.3. The quantitative estimate of drug-likeness (QED) is 0.596. The van der Waals surface area contributed by atoms with Gasteiger partial charge in [-0.2, -0.15) is 0 Å². The largest absolute Gasteiger partial charge is 0.455 e. The van der Waals surface area contributed by atoms with E-state index in [1.165, 1.54) is 24.3 Å². The predicted octanol–water partition coefficient (Wildman–Crippen LogP) is 1.33. The molecule has 0 bridgehead atoms. The van der Waals surface area contributed by atoms with Gasteiger partial charge >= 0.3 is 5.97 Å². The van der Waals surface area contributed by atoms with Gasteiger partial charge in [0, 0.05) is 13.2 Å². The number of halogens is 1. The average molecular weight is 343 g/mol. The maximum atomic E-state index is 13.3. The molecule has 0 aliphatic heterocycles. The molecule has 0 spiro atoms. The van der Waals surface area contributed by atoms with Gasteiger partial charge in [-0.05, 0) is 23.8 Å². The number of amides is 1. The smallest absolute Gasteiger partial charge is 0.303 e. The summed E-state index contributed by atoms with van der Waals surface area (Å²) in [4.78, 5) is 22.7. The highest BCUT2D eigenvalue weighted by Gasteiger charge is 2.27. The third-order valence-electron chi connectivity index (χ3n) is 2.97. The van der Waals surface area contributed by atoms with Gasteiger partial charge in [0.15, 0.2) is 9.84 Å². The Hall–Kier alpha value is -2.22. The minimum absolute atomic E-state index is 0.0785. The van der Waals surface area contributed by atoms with E-state index in [1.807, 2.05) is 0 Å². The Labute approximate surface area is 134 Å². The van der Waals surface area contributed by atoms with Gasteiger partial charge in [-0.3, -0.25) is 9.59 Å². The molecule has 0 aliphatic rings. The molecule has 2 atom stereocenters. The van der Waals surface area contributed by atoms with Crippen molar-refractivity contribution in [2.45, 2.75) is 24.0 Å². The lowest BCUT2D eigenvalue weighted by molar-refractivity contribution is -0.149. The zero-order valence-electron chi connectivity index (χ0n) is 12.8. The van der Waals surface area contributed by atoms with Crippen molar-refractivity contribution in [3.05, 3.63) is 42.5 Å². The number of sulfone groups is 1. The van der Waals surface area contributed by atoms with Crippen LogP contribution in [0.15, 0.2) is 41.8 Å². The summed E-state index contributed by atoms with van der Waals surface area (Å²) in [6, 6.07) is 4.35. The summed E-state index contributed by atoms with van der Waals surface area (Å²) in [5, 5.41) is 2.34. The Bertz CT molecular complexity index is 684. The minimum atomic E-state index is -3.38. The SMILES string of the molecule is C=CC(=O)N[C@H](CF)[C@H](OC(C)=O)c1ccc(S(C)(=O)=O)cc1. The van der Waals surface area contributed by atoms with Crippen LogP contribution >= 0.6 is 0 Å². The first-order chi connectivity index (χ1) is 10.7. The molecule has 0 saturated carbocycles. The molecule has 0 unspecified atom stereocenters. The van der Waals surface area contributed by atoms with Crippen molar-refractivity contribution >= 4 is 21.7 Å². The van der Waals surface area contributed by atoms with Gasteiger partial charge < -0.3 is 10.1 Å². The van der Waals surface area contributed by atoms with E-state index in [0.717, 1.165) is 19.3 Å². The van der Waals surface area contributed by atoms with Gasteiger partial charge in [0.2, 0.25) is 5.91 Å². The van der Waals surface area contributed by atoms with Crippen LogP contribution in [0.25, 0.3) is 0 Å². The van der Waals surface area contributed by atoms with Gasteiger partial charge in [0.25, 0.3) is 0 Å². The Morgan fingerprint density at radius 1 is 1.35 bits per heavy atom. The van der Waals surface area contributed by atoms with Gasteiger partial charge in [-0.1, -0.05) is 18.7 Å².